The molecule has 1 heterocycles. The molecule has 0 radical (unpaired) electrons. The van der Waals surface area contributed by atoms with Crippen LogP contribution >= 0.6 is 0 Å². The SMILES string of the molecule is CC(C)CN=C1NC(=O)C(c2cccc(OC(C)C)c2)N1. The maximum atomic E-state index is 12.1. The fourth-order valence-electron chi connectivity index (χ4n) is 2.06. The number of nitrogens with zero attached hydrogens (tertiary/aromatic N) is 1. The van der Waals surface area contributed by atoms with Gasteiger partial charge >= 0.3 is 0 Å². The number of benzene rings is 1. The largest absolute Gasteiger partial charge is 0.491 e. The van der Waals surface area contributed by atoms with Crippen molar-refractivity contribution in [2.75, 3.05) is 6.54 Å². The first kappa shape index (κ1) is 15.4. The maximum Gasteiger partial charge on any atom is 0.253 e. The fraction of sp³-hybridized carbons (Fsp3) is 0.500. The summed E-state index contributed by atoms with van der Waals surface area (Å²) in [6.45, 7) is 8.82. The van der Waals surface area contributed by atoms with Gasteiger partial charge in [-0.25, -0.2) is 0 Å². The van der Waals surface area contributed by atoms with Gasteiger partial charge in [-0.05, 0) is 37.5 Å². The minimum absolute atomic E-state index is 0.0841. The van der Waals surface area contributed by atoms with Gasteiger partial charge in [0.25, 0.3) is 5.91 Å². The molecular weight excluding hydrogens is 266 g/mol. The lowest BCUT2D eigenvalue weighted by Gasteiger charge is -2.13. The average Bonchev–Trinajstić information content (AvgIpc) is 2.77. The van der Waals surface area contributed by atoms with Crippen molar-refractivity contribution in [3.63, 3.8) is 0 Å². The Labute approximate surface area is 125 Å². The lowest BCUT2D eigenvalue weighted by atomic mass is 10.1. The van der Waals surface area contributed by atoms with Gasteiger partial charge < -0.3 is 10.1 Å². The van der Waals surface area contributed by atoms with Gasteiger partial charge in [0.2, 0.25) is 0 Å². The summed E-state index contributed by atoms with van der Waals surface area (Å²) < 4.78 is 5.67. The summed E-state index contributed by atoms with van der Waals surface area (Å²) in [4.78, 5) is 16.4. The summed E-state index contributed by atoms with van der Waals surface area (Å²) in [6, 6.07) is 7.18. The molecule has 5 heteroatoms. The maximum absolute atomic E-state index is 12.1. The highest BCUT2D eigenvalue weighted by Crippen LogP contribution is 2.22. The zero-order valence-corrected chi connectivity index (χ0v) is 13.0. The van der Waals surface area contributed by atoms with E-state index in [4.69, 9.17) is 4.74 Å². The lowest BCUT2D eigenvalue weighted by molar-refractivity contribution is -0.120. The monoisotopic (exact) mass is 289 g/mol. The number of rotatable bonds is 5. The Morgan fingerprint density at radius 2 is 2.05 bits per heavy atom. The third kappa shape index (κ3) is 4.21. The van der Waals surface area contributed by atoms with Gasteiger partial charge in [-0.2, -0.15) is 0 Å². The molecule has 114 valence electrons. The van der Waals surface area contributed by atoms with Crippen molar-refractivity contribution in [1.29, 1.82) is 0 Å². The predicted molar refractivity (Wildman–Crippen MR) is 83.4 cm³/mol. The van der Waals surface area contributed by atoms with E-state index >= 15 is 0 Å². The van der Waals surface area contributed by atoms with Crippen molar-refractivity contribution in [1.82, 2.24) is 10.6 Å². The molecule has 0 saturated carbocycles. The molecule has 2 rings (SSSR count). The topological polar surface area (TPSA) is 62.7 Å². The van der Waals surface area contributed by atoms with E-state index in [-0.39, 0.29) is 12.0 Å². The van der Waals surface area contributed by atoms with Crippen molar-refractivity contribution in [2.24, 2.45) is 10.9 Å². The van der Waals surface area contributed by atoms with Crippen molar-refractivity contribution in [3.8, 4) is 5.75 Å². The van der Waals surface area contributed by atoms with Gasteiger partial charge in [0.1, 0.15) is 11.8 Å². The zero-order chi connectivity index (χ0) is 15.4. The molecule has 21 heavy (non-hydrogen) atoms. The molecule has 1 aliphatic rings. The van der Waals surface area contributed by atoms with Crippen LogP contribution in [0.1, 0.15) is 39.3 Å². The third-order valence-corrected chi connectivity index (χ3v) is 2.96. The van der Waals surface area contributed by atoms with Gasteiger partial charge in [-0.3, -0.25) is 15.1 Å². The molecule has 1 aliphatic heterocycles. The Morgan fingerprint density at radius 1 is 1.29 bits per heavy atom. The van der Waals surface area contributed by atoms with Crippen LogP contribution < -0.4 is 15.4 Å². The van der Waals surface area contributed by atoms with Crippen molar-refractivity contribution >= 4 is 11.9 Å². The van der Waals surface area contributed by atoms with Crippen LogP contribution in [0.15, 0.2) is 29.3 Å². The molecule has 0 bridgehead atoms. The van der Waals surface area contributed by atoms with E-state index < -0.39 is 6.04 Å². The van der Waals surface area contributed by atoms with Crippen LogP contribution in [0, 0.1) is 5.92 Å². The molecule has 5 nitrogen and oxygen atoms in total. The second kappa shape index (κ2) is 6.61. The first-order chi connectivity index (χ1) is 9.95. The standard InChI is InChI=1S/C16H23N3O2/c1-10(2)9-17-16-18-14(15(20)19-16)12-6-5-7-13(8-12)21-11(3)4/h5-8,10-11,14H,9H2,1-4H3,(H2,17,18,19,20). The van der Waals surface area contributed by atoms with Gasteiger partial charge in [-0.1, -0.05) is 26.0 Å². The van der Waals surface area contributed by atoms with Crippen LogP contribution in [-0.4, -0.2) is 24.5 Å². The number of carbonyl (C=O) groups is 1. The molecule has 1 aromatic rings. The first-order valence-corrected chi connectivity index (χ1v) is 7.34. The fourth-order valence-corrected chi connectivity index (χ4v) is 2.06. The summed E-state index contributed by atoms with van der Waals surface area (Å²) in [5.41, 5.74) is 0.875. The average molecular weight is 289 g/mol. The van der Waals surface area contributed by atoms with Crippen LogP contribution in [0.3, 0.4) is 0 Å². The number of guanidine groups is 1. The number of carbonyl (C=O) groups excluding carboxylic acids is 1. The van der Waals surface area contributed by atoms with Crippen LogP contribution in [0.25, 0.3) is 0 Å². The molecule has 1 fully saturated rings. The molecule has 1 saturated heterocycles. The highest BCUT2D eigenvalue weighted by molar-refractivity contribution is 6.06. The van der Waals surface area contributed by atoms with Crippen LogP contribution in [0.4, 0.5) is 0 Å². The number of amides is 1. The predicted octanol–water partition coefficient (Wildman–Crippen LogP) is 2.25. The number of ether oxygens (including phenoxy) is 1. The second-order valence-electron chi connectivity index (χ2n) is 5.89. The molecule has 0 aromatic heterocycles. The molecule has 0 aliphatic carbocycles. The smallest absolute Gasteiger partial charge is 0.253 e. The number of hydrogen-bond acceptors (Lipinski definition) is 3. The molecular formula is C16H23N3O2. The van der Waals surface area contributed by atoms with Crippen molar-refractivity contribution in [2.45, 2.75) is 39.8 Å². The molecule has 2 N–H and O–H groups in total. The molecule has 1 amide bonds. The van der Waals surface area contributed by atoms with Gasteiger partial charge in [-0.15, -0.1) is 0 Å². The highest BCUT2D eigenvalue weighted by Gasteiger charge is 2.29. The number of aliphatic imine (C=N–C) groups is 1. The van der Waals surface area contributed by atoms with Gasteiger partial charge in [0.05, 0.1) is 6.10 Å². The number of nitrogens with one attached hydrogen (secondary N) is 2. The van der Waals surface area contributed by atoms with E-state index in [0.29, 0.717) is 18.4 Å². The Morgan fingerprint density at radius 3 is 2.71 bits per heavy atom. The van der Waals surface area contributed by atoms with E-state index in [1.165, 1.54) is 0 Å². The van der Waals surface area contributed by atoms with Crippen molar-refractivity contribution in [3.05, 3.63) is 29.8 Å². The van der Waals surface area contributed by atoms with Crippen LogP contribution in [0.5, 0.6) is 5.75 Å². The van der Waals surface area contributed by atoms with E-state index in [0.717, 1.165) is 11.3 Å². The number of hydrogen-bond donors (Lipinski definition) is 2. The van der Waals surface area contributed by atoms with Gasteiger partial charge in [0, 0.05) is 6.54 Å². The van der Waals surface area contributed by atoms with E-state index in [1.807, 2.05) is 38.1 Å². The minimum Gasteiger partial charge on any atom is -0.491 e. The third-order valence-electron chi connectivity index (χ3n) is 2.96. The van der Waals surface area contributed by atoms with Gasteiger partial charge in [0.15, 0.2) is 5.96 Å². The Hall–Kier alpha value is -2.04. The summed E-state index contributed by atoms with van der Waals surface area (Å²) in [6.07, 6.45) is 0.105. The van der Waals surface area contributed by atoms with Crippen LogP contribution in [0.2, 0.25) is 0 Å². The summed E-state index contributed by atoms with van der Waals surface area (Å²) in [5.74, 6) is 1.69. The molecule has 1 atom stereocenters. The van der Waals surface area contributed by atoms with Crippen molar-refractivity contribution < 1.29 is 9.53 Å². The van der Waals surface area contributed by atoms with E-state index in [2.05, 4.69) is 29.5 Å². The second-order valence-corrected chi connectivity index (χ2v) is 5.89. The summed E-state index contributed by atoms with van der Waals surface area (Å²) in [7, 11) is 0. The quantitative estimate of drug-likeness (QED) is 0.874. The minimum atomic E-state index is -0.411. The Bertz CT molecular complexity index is 538. The molecule has 0 spiro atoms. The Balaban J connectivity index is 2.11. The van der Waals surface area contributed by atoms with E-state index in [1.54, 1.807) is 0 Å². The molecule has 1 unspecified atom stereocenters. The normalized spacial score (nSPS) is 20.0. The van der Waals surface area contributed by atoms with Crippen LogP contribution in [-0.2, 0) is 4.79 Å². The first-order valence-electron chi connectivity index (χ1n) is 7.34. The van der Waals surface area contributed by atoms with E-state index in [9.17, 15) is 4.79 Å². The molecule has 1 aromatic carbocycles. The Kier molecular flexibility index (Phi) is 4.83. The highest BCUT2D eigenvalue weighted by atomic mass is 16.5. The zero-order valence-electron chi connectivity index (χ0n) is 13.0. The summed E-state index contributed by atoms with van der Waals surface area (Å²) >= 11 is 0. The summed E-state index contributed by atoms with van der Waals surface area (Å²) in [5, 5.41) is 5.90. The lowest BCUT2D eigenvalue weighted by Crippen LogP contribution is -2.26.